The first-order chi connectivity index (χ1) is 6.18. The number of anilines is 2. The van der Waals surface area contributed by atoms with E-state index in [9.17, 15) is 0 Å². The van der Waals surface area contributed by atoms with Gasteiger partial charge in [0.15, 0.2) is 5.65 Å². The summed E-state index contributed by atoms with van der Waals surface area (Å²) in [5.41, 5.74) is 6.36. The van der Waals surface area contributed by atoms with Crippen LogP contribution in [0.2, 0.25) is 0 Å². The van der Waals surface area contributed by atoms with Crippen molar-refractivity contribution in [1.82, 2.24) is 20.2 Å². The number of aromatic amines is 1. The number of H-pyrrole nitrogens is 1. The molecule has 0 radical (unpaired) electrons. The van der Waals surface area contributed by atoms with E-state index in [4.69, 9.17) is 5.73 Å². The van der Waals surface area contributed by atoms with Crippen LogP contribution < -0.4 is 10.6 Å². The van der Waals surface area contributed by atoms with Crippen molar-refractivity contribution in [3.05, 3.63) is 6.20 Å². The Hall–Kier alpha value is -1.85. The maximum Gasteiger partial charge on any atom is 0.228 e. The molecular weight excluding hydrogens is 168 g/mol. The molecule has 2 aromatic rings. The molecule has 0 aromatic carbocycles. The van der Waals surface area contributed by atoms with Crippen molar-refractivity contribution in [2.75, 3.05) is 24.7 Å². The van der Waals surface area contributed by atoms with Gasteiger partial charge in [0, 0.05) is 14.1 Å². The number of hydrogen-bond donors (Lipinski definition) is 2. The van der Waals surface area contributed by atoms with E-state index in [0.29, 0.717) is 17.4 Å². The lowest BCUT2D eigenvalue weighted by molar-refractivity contribution is 1.01. The Bertz CT molecular complexity index is 431. The number of rotatable bonds is 1. The van der Waals surface area contributed by atoms with E-state index in [-0.39, 0.29) is 0 Å². The third kappa shape index (κ3) is 1.16. The quantitative estimate of drug-likeness (QED) is 0.642. The second-order valence-corrected chi connectivity index (χ2v) is 2.94. The van der Waals surface area contributed by atoms with Crippen molar-refractivity contribution < 1.29 is 0 Å². The molecule has 0 bridgehead atoms. The van der Waals surface area contributed by atoms with Crippen LogP contribution in [-0.4, -0.2) is 34.3 Å². The first kappa shape index (κ1) is 7.78. The summed E-state index contributed by atoms with van der Waals surface area (Å²) in [7, 11) is 3.72. The number of nitrogens with one attached hydrogen (secondary N) is 1. The van der Waals surface area contributed by atoms with Gasteiger partial charge < -0.3 is 10.6 Å². The highest BCUT2D eigenvalue weighted by molar-refractivity contribution is 5.85. The van der Waals surface area contributed by atoms with Crippen molar-refractivity contribution in [2.24, 2.45) is 0 Å². The van der Waals surface area contributed by atoms with Crippen molar-refractivity contribution >= 4 is 22.8 Å². The van der Waals surface area contributed by atoms with Crippen LogP contribution in [0.15, 0.2) is 6.20 Å². The summed E-state index contributed by atoms with van der Waals surface area (Å²) in [6, 6.07) is 0. The van der Waals surface area contributed by atoms with E-state index in [1.807, 2.05) is 14.1 Å². The maximum atomic E-state index is 5.70. The highest BCUT2D eigenvalue weighted by atomic mass is 15.2. The molecule has 0 aliphatic heterocycles. The third-order valence-electron chi connectivity index (χ3n) is 1.73. The monoisotopic (exact) mass is 178 g/mol. The molecule has 0 fully saturated rings. The van der Waals surface area contributed by atoms with Crippen LogP contribution in [0.3, 0.4) is 0 Å². The van der Waals surface area contributed by atoms with E-state index < -0.39 is 0 Å². The fourth-order valence-electron chi connectivity index (χ4n) is 1.04. The average Bonchev–Trinajstić information content (AvgIpc) is 2.51. The number of nitrogens with two attached hydrogens (primary N) is 1. The summed E-state index contributed by atoms with van der Waals surface area (Å²) in [6.07, 6.45) is 1.62. The first-order valence-electron chi connectivity index (χ1n) is 3.82. The number of nitrogen functional groups attached to an aromatic ring is 1. The molecular formula is C7H10N6. The van der Waals surface area contributed by atoms with Crippen molar-refractivity contribution in [3.8, 4) is 0 Å². The highest BCUT2D eigenvalue weighted by Gasteiger charge is 2.07. The molecule has 0 aliphatic carbocycles. The Kier molecular flexibility index (Phi) is 1.54. The standard InChI is InChI=1S/C7H10N6/c1-13(2)7-10-5(8)4-3-9-12-6(4)11-7/h3H,1-2H3,(H3,8,9,10,11,12). The molecule has 0 atom stereocenters. The molecule has 2 aromatic heterocycles. The molecule has 6 heteroatoms. The minimum absolute atomic E-state index is 0.447. The normalized spacial score (nSPS) is 10.6. The zero-order chi connectivity index (χ0) is 9.42. The van der Waals surface area contributed by atoms with Crippen molar-refractivity contribution in [3.63, 3.8) is 0 Å². The van der Waals surface area contributed by atoms with Gasteiger partial charge in [-0.25, -0.2) is 0 Å². The molecule has 0 aliphatic rings. The second kappa shape index (κ2) is 2.58. The van der Waals surface area contributed by atoms with Gasteiger partial charge in [-0.05, 0) is 0 Å². The predicted octanol–water partition coefficient (Wildman–Crippen LogP) is 0.00110. The molecule has 0 saturated carbocycles. The largest absolute Gasteiger partial charge is 0.383 e. The van der Waals surface area contributed by atoms with Gasteiger partial charge in [0.25, 0.3) is 0 Å². The minimum atomic E-state index is 0.447. The SMILES string of the molecule is CN(C)c1nc(N)c2cn[nH]c2n1. The third-order valence-corrected chi connectivity index (χ3v) is 1.73. The number of nitrogens with zero attached hydrogens (tertiary/aromatic N) is 4. The maximum absolute atomic E-state index is 5.70. The summed E-state index contributed by atoms with van der Waals surface area (Å²) in [6.45, 7) is 0. The van der Waals surface area contributed by atoms with Gasteiger partial charge in [0.1, 0.15) is 5.82 Å². The lowest BCUT2D eigenvalue weighted by Gasteiger charge is -2.09. The zero-order valence-electron chi connectivity index (χ0n) is 7.44. The summed E-state index contributed by atoms with van der Waals surface area (Å²) >= 11 is 0. The molecule has 2 heterocycles. The molecule has 68 valence electrons. The van der Waals surface area contributed by atoms with Crippen LogP contribution in [0.5, 0.6) is 0 Å². The average molecular weight is 178 g/mol. The topological polar surface area (TPSA) is 83.7 Å². The zero-order valence-corrected chi connectivity index (χ0v) is 7.44. The fraction of sp³-hybridized carbons (Fsp3) is 0.286. The number of hydrogen-bond acceptors (Lipinski definition) is 5. The van der Waals surface area contributed by atoms with Crippen LogP contribution in [0.1, 0.15) is 0 Å². The highest BCUT2D eigenvalue weighted by Crippen LogP contribution is 2.17. The van der Waals surface area contributed by atoms with Gasteiger partial charge in [-0.15, -0.1) is 0 Å². The second-order valence-electron chi connectivity index (χ2n) is 2.94. The molecule has 6 nitrogen and oxygen atoms in total. The van der Waals surface area contributed by atoms with E-state index in [1.54, 1.807) is 11.1 Å². The minimum Gasteiger partial charge on any atom is -0.383 e. The Morgan fingerprint density at radius 3 is 2.85 bits per heavy atom. The number of fused-ring (bicyclic) bond motifs is 1. The van der Waals surface area contributed by atoms with Crippen molar-refractivity contribution in [1.29, 1.82) is 0 Å². The van der Waals surface area contributed by atoms with Gasteiger partial charge in [0.05, 0.1) is 11.6 Å². The van der Waals surface area contributed by atoms with E-state index >= 15 is 0 Å². The number of aromatic nitrogens is 4. The lowest BCUT2D eigenvalue weighted by Crippen LogP contribution is -2.13. The molecule has 2 rings (SSSR count). The molecule has 13 heavy (non-hydrogen) atoms. The summed E-state index contributed by atoms with van der Waals surface area (Å²) in [4.78, 5) is 10.1. The fourth-order valence-corrected chi connectivity index (χ4v) is 1.04. The molecule has 0 saturated heterocycles. The van der Waals surface area contributed by atoms with Gasteiger partial charge in [-0.1, -0.05) is 0 Å². The van der Waals surface area contributed by atoms with Crippen LogP contribution >= 0.6 is 0 Å². The van der Waals surface area contributed by atoms with Crippen LogP contribution in [0.25, 0.3) is 11.0 Å². The van der Waals surface area contributed by atoms with Crippen LogP contribution in [-0.2, 0) is 0 Å². The van der Waals surface area contributed by atoms with E-state index in [1.165, 1.54) is 0 Å². The van der Waals surface area contributed by atoms with Crippen LogP contribution in [0, 0.1) is 0 Å². The Morgan fingerprint density at radius 2 is 2.15 bits per heavy atom. The van der Waals surface area contributed by atoms with E-state index in [0.717, 1.165) is 5.39 Å². The van der Waals surface area contributed by atoms with Crippen LogP contribution in [0.4, 0.5) is 11.8 Å². The molecule has 0 unspecified atom stereocenters. The van der Waals surface area contributed by atoms with Gasteiger partial charge in [-0.3, -0.25) is 5.10 Å². The molecule has 3 N–H and O–H groups in total. The van der Waals surface area contributed by atoms with Gasteiger partial charge >= 0.3 is 0 Å². The summed E-state index contributed by atoms with van der Waals surface area (Å²) < 4.78 is 0. The first-order valence-corrected chi connectivity index (χ1v) is 3.82. The Balaban J connectivity index is 2.70. The summed E-state index contributed by atoms with van der Waals surface area (Å²) in [5, 5.41) is 7.34. The predicted molar refractivity (Wildman–Crippen MR) is 50.4 cm³/mol. The summed E-state index contributed by atoms with van der Waals surface area (Å²) in [5.74, 6) is 1.02. The van der Waals surface area contributed by atoms with Gasteiger partial charge in [-0.2, -0.15) is 15.1 Å². The van der Waals surface area contributed by atoms with Gasteiger partial charge in [0.2, 0.25) is 5.95 Å². The smallest absolute Gasteiger partial charge is 0.228 e. The van der Waals surface area contributed by atoms with E-state index in [2.05, 4.69) is 20.2 Å². The Morgan fingerprint density at radius 1 is 1.38 bits per heavy atom. The Labute approximate surface area is 74.8 Å². The molecule has 0 spiro atoms. The lowest BCUT2D eigenvalue weighted by atomic mass is 10.4. The van der Waals surface area contributed by atoms with Crippen molar-refractivity contribution in [2.45, 2.75) is 0 Å². The molecule has 0 amide bonds.